The summed E-state index contributed by atoms with van der Waals surface area (Å²) in [6.45, 7) is 6.42. The van der Waals surface area contributed by atoms with Gasteiger partial charge in [0, 0.05) is 12.5 Å². The topological polar surface area (TPSA) is 66.4 Å². The standard InChI is InChI=1S/C14H25NO3/c1-10(13(17)18)7-9-15-12(16)11-6-4-5-8-14(11,2)3/h10-11H,4-9H2,1-3H3,(H,15,16)(H,17,18). The molecule has 1 rings (SSSR count). The summed E-state index contributed by atoms with van der Waals surface area (Å²) >= 11 is 0. The second-order valence-electron chi connectivity index (χ2n) is 6.11. The van der Waals surface area contributed by atoms with Crippen LogP contribution in [0.25, 0.3) is 0 Å². The fraction of sp³-hybridized carbons (Fsp3) is 0.857. The van der Waals surface area contributed by atoms with E-state index in [2.05, 4.69) is 19.2 Å². The Labute approximate surface area is 109 Å². The first-order chi connectivity index (χ1) is 8.34. The molecule has 4 heteroatoms. The number of hydrogen-bond donors (Lipinski definition) is 2. The molecule has 0 aliphatic heterocycles. The van der Waals surface area contributed by atoms with E-state index < -0.39 is 11.9 Å². The number of carboxylic acid groups (broad SMARTS) is 1. The van der Waals surface area contributed by atoms with Crippen LogP contribution < -0.4 is 5.32 Å². The minimum Gasteiger partial charge on any atom is -0.481 e. The molecule has 0 radical (unpaired) electrons. The zero-order valence-corrected chi connectivity index (χ0v) is 11.7. The summed E-state index contributed by atoms with van der Waals surface area (Å²) in [5.74, 6) is -1.03. The molecule has 1 fully saturated rings. The number of amides is 1. The number of rotatable bonds is 5. The molecule has 2 N–H and O–H groups in total. The fourth-order valence-corrected chi connectivity index (χ4v) is 2.64. The lowest BCUT2D eigenvalue weighted by molar-refractivity contribution is -0.141. The molecular formula is C14H25NO3. The van der Waals surface area contributed by atoms with Crippen molar-refractivity contribution in [3.63, 3.8) is 0 Å². The van der Waals surface area contributed by atoms with Gasteiger partial charge in [0.2, 0.25) is 5.91 Å². The van der Waals surface area contributed by atoms with E-state index in [1.807, 2.05) is 0 Å². The monoisotopic (exact) mass is 255 g/mol. The van der Waals surface area contributed by atoms with E-state index in [4.69, 9.17) is 5.11 Å². The van der Waals surface area contributed by atoms with E-state index in [0.29, 0.717) is 13.0 Å². The molecule has 0 aromatic heterocycles. The Morgan fingerprint density at radius 2 is 2.06 bits per heavy atom. The smallest absolute Gasteiger partial charge is 0.306 e. The molecule has 2 atom stereocenters. The van der Waals surface area contributed by atoms with Gasteiger partial charge in [0.15, 0.2) is 0 Å². The molecule has 1 amide bonds. The maximum Gasteiger partial charge on any atom is 0.306 e. The highest BCUT2D eigenvalue weighted by Gasteiger charge is 2.36. The summed E-state index contributed by atoms with van der Waals surface area (Å²) < 4.78 is 0. The molecule has 0 aromatic carbocycles. The summed E-state index contributed by atoms with van der Waals surface area (Å²) in [6.07, 6.45) is 4.86. The summed E-state index contributed by atoms with van der Waals surface area (Å²) in [5, 5.41) is 11.7. The Morgan fingerprint density at radius 3 is 2.61 bits per heavy atom. The number of carboxylic acids is 1. The molecule has 4 nitrogen and oxygen atoms in total. The second kappa shape index (κ2) is 6.21. The first kappa shape index (κ1) is 15.0. The van der Waals surface area contributed by atoms with Gasteiger partial charge in [-0.05, 0) is 24.7 Å². The molecule has 0 spiro atoms. The molecule has 2 unspecified atom stereocenters. The van der Waals surface area contributed by atoms with E-state index in [1.54, 1.807) is 6.92 Å². The van der Waals surface area contributed by atoms with Crippen LogP contribution in [0.4, 0.5) is 0 Å². The van der Waals surface area contributed by atoms with E-state index in [1.165, 1.54) is 6.42 Å². The molecule has 0 heterocycles. The van der Waals surface area contributed by atoms with Crippen molar-refractivity contribution < 1.29 is 14.7 Å². The molecular weight excluding hydrogens is 230 g/mol. The van der Waals surface area contributed by atoms with Gasteiger partial charge in [0.05, 0.1) is 5.92 Å². The number of aliphatic carboxylic acids is 1. The Bertz CT molecular complexity index is 312. The van der Waals surface area contributed by atoms with Crippen molar-refractivity contribution in [2.45, 2.75) is 52.9 Å². The van der Waals surface area contributed by atoms with Gasteiger partial charge in [0.1, 0.15) is 0 Å². The minimum absolute atomic E-state index is 0.0702. The molecule has 0 saturated heterocycles. The highest BCUT2D eigenvalue weighted by atomic mass is 16.4. The van der Waals surface area contributed by atoms with Gasteiger partial charge >= 0.3 is 5.97 Å². The zero-order chi connectivity index (χ0) is 13.8. The lowest BCUT2D eigenvalue weighted by Crippen LogP contribution is -2.41. The van der Waals surface area contributed by atoms with Gasteiger partial charge in [-0.3, -0.25) is 9.59 Å². The Balaban J connectivity index is 2.38. The molecule has 1 saturated carbocycles. The van der Waals surface area contributed by atoms with Crippen molar-refractivity contribution in [2.75, 3.05) is 6.54 Å². The normalized spacial score (nSPS) is 24.3. The van der Waals surface area contributed by atoms with Gasteiger partial charge in [-0.25, -0.2) is 0 Å². The van der Waals surface area contributed by atoms with Gasteiger partial charge in [0.25, 0.3) is 0 Å². The van der Waals surface area contributed by atoms with Crippen molar-refractivity contribution in [3.05, 3.63) is 0 Å². The molecule has 104 valence electrons. The molecule has 1 aliphatic carbocycles. The summed E-state index contributed by atoms with van der Waals surface area (Å²) in [6, 6.07) is 0. The Hall–Kier alpha value is -1.06. The van der Waals surface area contributed by atoms with Crippen molar-refractivity contribution in [2.24, 2.45) is 17.3 Å². The maximum absolute atomic E-state index is 12.1. The van der Waals surface area contributed by atoms with Crippen LogP contribution in [0, 0.1) is 17.3 Å². The van der Waals surface area contributed by atoms with Crippen LogP contribution >= 0.6 is 0 Å². The third-order valence-corrected chi connectivity index (χ3v) is 4.12. The minimum atomic E-state index is -0.803. The summed E-state index contributed by atoms with van der Waals surface area (Å²) in [4.78, 5) is 22.8. The van der Waals surface area contributed by atoms with Crippen molar-refractivity contribution in [1.82, 2.24) is 5.32 Å². The zero-order valence-electron chi connectivity index (χ0n) is 11.7. The van der Waals surface area contributed by atoms with Gasteiger partial charge < -0.3 is 10.4 Å². The van der Waals surface area contributed by atoms with Crippen molar-refractivity contribution in [1.29, 1.82) is 0 Å². The van der Waals surface area contributed by atoms with Crippen LogP contribution in [-0.4, -0.2) is 23.5 Å². The Morgan fingerprint density at radius 1 is 1.39 bits per heavy atom. The van der Waals surface area contributed by atoms with Crippen molar-refractivity contribution in [3.8, 4) is 0 Å². The lowest BCUT2D eigenvalue weighted by Gasteiger charge is -2.37. The third kappa shape index (κ3) is 4.00. The fourth-order valence-electron chi connectivity index (χ4n) is 2.64. The van der Waals surface area contributed by atoms with E-state index in [9.17, 15) is 9.59 Å². The van der Waals surface area contributed by atoms with Crippen LogP contribution in [0.5, 0.6) is 0 Å². The first-order valence-electron chi connectivity index (χ1n) is 6.85. The van der Waals surface area contributed by atoms with E-state index in [0.717, 1.165) is 19.3 Å². The van der Waals surface area contributed by atoms with Crippen LogP contribution in [0.15, 0.2) is 0 Å². The highest BCUT2D eigenvalue weighted by Crippen LogP contribution is 2.40. The van der Waals surface area contributed by atoms with Gasteiger partial charge in [-0.2, -0.15) is 0 Å². The number of carbonyl (C=O) groups is 2. The van der Waals surface area contributed by atoms with Crippen LogP contribution in [0.3, 0.4) is 0 Å². The van der Waals surface area contributed by atoms with Gasteiger partial charge in [-0.15, -0.1) is 0 Å². The van der Waals surface area contributed by atoms with Crippen LogP contribution in [-0.2, 0) is 9.59 Å². The average molecular weight is 255 g/mol. The lowest BCUT2D eigenvalue weighted by atomic mass is 9.68. The maximum atomic E-state index is 12.1. The molecule has 0 bridgehead atoms. The highest BCUT2D eigenvalue weighted by molar-refractivity contribution is 5.79. The third-order valence-electron chi connectivity index (χ3n) is 4.12. The molecule has 1 aliphatic rings. The number of carbonyl (C=O) groups excluding carboxylic acids is 1. The Kier molecular flexibility index (Phi) is 5.17. The van der Waals surface area contributed by atoms with Gasteiger partial charge in [-0.1, -0.05) is 33.6 Å². The largest absolute Gasteiger partial charge is 0.481 e. The van der Waals surface area contributed by atoms with E-state index >= 15 is 0 Å². The SMILES string of the molecule is CC(CCNC(=O)C1CCCCC1(C)C)C(=O)O. The van der Waals surface area contributed by atoms with Crippen molar-refractivity contribution >= 4 is 11.9 Å². The number of hydrogen-bond acceptors (Lipinski definition) is 2. The van der Waals surface area contributed by atoms with Crippen LogP contribution in [0.2, 0.25) is 0 Å². The predicted octanol–water partition coefficient (Wildman–Crippen LogP) is 2.43. The quantitative estimate of drug-likeness (QED) is 0.793. The molecule has 18 heavy (non-hydrogen) atoms. The number of nitrogens with one attached hydrogen (secondary N) is 1. The summed E-state index contributed by atoms with van der Waals surface area (Å²) in [5.41, 5.74) is 0.0702. The van der Waals surface area contributed by atoms with Crippen LogP contribution in [0.1, 0.15) is 52.9 Å². The predicted molar refractivity (Wildman–Crippen MR) is 70.2 cm³/mol. The van der Waals surface area contributed by atoms with E-state index in [-0.39, 0.29) is 17.2 Å². The molecule has 0 aromatic rings. The average Bonchev–Trinajstić information content (AvgIpc) is 2.27. The second-order valence-corrected chi connectivity index (χ2v) is 6.11. The first-order valence-corrected chi connectivity index (χ1v) is 6.85. The summed E-state index contributed by atoms with van der Waals surface area (Å²) in [7, 11) is 0.